The molecule has 0 aromatic heterocycles. The molecule has 214 valence electrons. The fraction of sp³-hybridized carbons (Fsp3) is 0.533. The predicted molar refractivity (Wildman–Crippen MR) is 153 cm³/mol. The Morgan fingerprint density at radius 2 is 1.79 bits per heavy atom. The van der Waals surface area contributed by atoms with E-state index in [1.54, 1.807) is 6.07 Å². The number of aliphatic carboxylic acids is 1. The number of halogens is 1. The average Bonchev–Trinajstić information content (AvgIpc) is 2.89. The van der Waals surface area contributed by atoms with E-state index in [1.807, 2.05) is 25.1 Å². The van der Waals surface area contributed by atoms with Gasteiger partial charge in [-0.15, -0.1) is 0 Å². The van der Waals surface area contributed by atoms with Gasteiger partial charge < -0.3 is 30.1 Å². The van der Waals surface area contributed by atoms with Crippen molar-refractivity contribution in [3.05, 3.63) is 47.8 Å². The SMILES string of the molecule is CCOc1ccc(NC(=O)Nc2cc(C(COC)CC(=O)O)ccc2N(CC(C)C)C2CCCCC2)c(F)c1. The van der Waals surface area contributed by atoms with Gasteiger partial charge in [0.15, 0.2) is 0 Å². The second-order valence-corrected chi connectivity index (χ2v) is 10.5. The molecule has 1 unspecified atom stereocenters. The normalized spacial score (nSPS) is 14.6. The number of ether oxygens (including phenoxy) is 2. The van der Waals surface area contributed by atoms with Crippen molar-refractivity contribution in [3.8, 4) is 5.75 Å². The molecule has 2 aromatic rings. The Bertz CT molecular complexity index is 1100. The molecule has 1 aliphatic carbocycles. The van der Waals surface area contributed by atoms with Crippen LogP contribution < -0.4 is 20.3 Å². The molecular weight excluding hydrogens is 501 g/mol. The second kappa shape index (κ2) is 14.7. The standard InChI is InChI=1S/C30H42FN3O5/c1-5-39-24-12-13-26(25(31)17-24)32-30(37)33-27-15-21(22(19-38-4)16-29(35)36)11-14-28(27)34(18-20(2)3)23-9-7-6-8-10-23/h11-15,17,20,22-23H,5-10,16,18-19H2,1-4H3,(H,35,36)(H2,32,33,37). The molecule has 1 saturated carbocycles. The average molecular weight is 544 g/mol. The van der Waals surface area contributed by atoms with Gasteiger partial charge in [0, 0.05) is 31.7 Å². The van der Waals surface area contributed by atoms with Crippen LogP contribution >= 0.6 is 0 Å². The van der Waals surface area contributed by atoms with Gasteiger partial charge in [0.2, 0.25) is 0 Å². The van der Waals surface area contributed by atoms with Gasteiger partial charge >= 0.3 is 12.0 Å². The fourth-order valence-corrected chi connectivity index (χ4v) is 5.20. The number of nitrogens with zero attached hydrogens (tertiary/aromatic N) is 1. The quantitative estimate of drug-likeness (QED) is 0.255. The van der Waals surface area contributed by atoms with Crippen molar-refractivity contribution in [2.24, 2.45) is 5.92 Å². The lowest BCUT2D eigenvalue weighted by molar-refractivity contribution is -0.137. The van der Waals surface area contributed by atoms with Crippen molar-refractivity contribution in [2.45, 2.75) is 71.3 Å². The van der Waals surface area contributed by atoms with Gasteiger partial charge in [-0.3, -0.25) is 4.79 Å². The predicted octanol–water partition coefficient (Wildman–Crippen LogP) is 6.87. The zero-order valence-electron chi connectivity index (χ0n) is 23.5. The molecule has 3 N–H and O–H groups in total. The minimum atomic E-state index is -0.928. The van der Waals surface area contributed by atoms with Crippen LogP contribution in [0.4, 0.5) is 26.2 Å². The third kappa shape index (κ3) is 8.85. The molecule has 1 atom stereocenters. The van der Waals surface area contributed by atoms with Crippen LogP contribution in [-0.2, 0) is 9.53 Å². The number of carbonyl (C=O) groups excluding carboxylic acids is 1. The molecule has 0 spiro atoms. The molecular formula is C30H42FN3O5. The topological polar surface area (TPSA) is 100 Å². The number of amides is 2. The van der Waals surface area contributed by atoms with Gasteiger partial charge in [0.05, 0.1) is 36.7 Å². The van der Waals surface area contributed by atoms with Crippen molar-refractivity contribution < 1.29 is 28.6 Å². The van der Waals surface area contributed by atoms with Crippen molar-refractivity contribution in [1.29, 1.82) is 0 Å². The van der Waals surface area contributed by atoms with E-state index in [9.17, 15) is 19.1 Å². The Morgan fingerprint density at radius 1 is 1.08 bits per heavy atom. The third-order valence-corrected chi connectivity index (χ3v) is 6.92. The number of urea groups is 1. The highest BCUT2D eigenvalue weighted by Gasteiger charge is 2.26. The van der Waals surface area contributed by atoms with Gasteiger partial charge in [-0.2, -0.15) is 0 Å². The number of anilines is 3. The van der Waals surface area contributed by atoms with Crippen LogP contribution in [0.15, 0.2) is 36.4 Å². The number of benzene rings is 2. The Morgan fingerprint density at radius 3 is 2.41 bits per heavy atom. The van der Waals surface area contributed by atoms with E-state index in [2.05, 4.69) is 29.4 Å². The largest absolute Gasteiger partial charge is 0.494 e. The fourth-order valence-electron chi connectivity index (χ4n) is 5.20. The van der Waals surface area contributed by atoms with Crippen LogP contribution in [0.2, 0.25) is 0 Å². The molecule has 39 heavy (non-hydrogen) atoms. The van der Waals surface area contributed by atoms with E-state index in [0.29, 0.717) is 30.0 Å². The number of rotatable bonds is 13. The maximum Gasteiger partial charge on any atom is 0.323 e. The molecule has 3 rings (SSSR count). The molecule has 2 aromatic carbocycles. The van der Waals surface area contributed by atoms with Gasteiger partial charge in [-0.1, -0.05) is 39.2 Å². The van der Waals surface area contributed by atoms with E-state index in [0.717, 1.165) is 43.5 Å². The molecule has 0 saturated heterocycles. The summed E-state index contributed by atoms with van der Waals surface area (Å²) >= 11 is 0. The molecule has 1 fully saturated rings. The first-order valence-corrected chi connectivity index (χ1v) is 13.8. The van der Waals surface area contributed by atoms with Gasteiger partial charge in [-0.05, 0) is 55.5 Å². The van der Waals surface area contributed by atoms with Gasteiger partial charge in [0.25, 0.3) is 0 Å². The van der Waals surface area contributed by atoms with Gasteiger partial charge in [-0.25, -0.2) is 9.18 Å². The monoisotopic (exact) mass is 543 g/mol. The Labute approximate surface area is 230 Å². The van der Waals surface area contributed by atoms with Crippen molar-refractivity contribution in [3.63, 3.8) is 0 Å². The zero-order valence-corrected chi connectivity index (χ0v) is 23.5. The summed E-state index contributed by atoms with van der Waals surface area (Å²) in [5, 5.41) is 15.0. The molecule has 2 amide bonds. The van der Waals surface area contributed by atoms with E-state index < -0.39 is 17.8 Å². The van der Waals surface area contributed by atoms with E-state index in [1.165, 1.54) is 25.7 Å². The lowest BCUT2D eigenvalue weighted by Crippen LogP contribution is -2.40. The first kappa shape index (κ1) is 30.2. The number of carboxylic acids is 1. The first-order valence-electron chi connectivity index (χ1n) is 13.8. The maximum atomic E-state index is 14.6. The number of methoxy groups -OCH3 is 1. The lowest BCUT2D eigenvalue weighted by Gasteiger charge is -2.38. The van der Waals surface area contributed by atoms with E-state index in [-0.39, 0.29) is 24.6 Å². The molecule has 9 heteroatoms. The van der Waals surface area contributed by atoms with Crippen molar-refractivity contribution >= 4 is 29.1 Å². The summed E-state index contributed by atoms with van der Waals surface area (Å²) in [6, 6.07) is 9.76. The Kier molecular flexibility index (Phi) is 11.4. The summed E-state index contributed by atoms with van der Waals surface area (Å²) in [4.78, 5) is 27.0. The maximum absolute atomic E-state index is 14.6. The number of carbonyl (C=O) groups is 2. The summed E-state index contributed by atoms with van der Waals surface area (Å²) in [6.45, 7) is 7.59. The molecule has 8 nitrogen and oxygen atoms in total. The summed E-state index contributed by atoms with van der Waals surface area (Å²) < 4.78 is 25.3. The number of nitrogens with one attached hydrogen (secondary N) is 2. The highest BCUT2D eigenvalue weighted by molar-refractivity contribution is 6.02. The molecule has 0 radical (unpaired) electrons. The summed E-state index contributed by atoms with van der Waals surface area (Å²) in [5.41, 5.74) is 2.20. The van der Waals surface area contributed by atoms with Crippen LogP contribution in [0, 0.1) is 11.7 Å². The van der Waals surface area contributed by atoms with Crippen molar-refractivity contribution in [2.75, 3.05) is 42.4 Å². The smallest absolute Gasteiger partial charge is 0.323 e. The second-order valence-electron chi connectivity index (χ2n) is 10.5. The number of carboxylic acid groups (broad SMARTS) is 1. The van der Waals surface area contributed by atoms with E-state index >= 15 is 0 Å². The molecule has 1 aliphatic rings. The number of hydrogen-bond acceptors (Lipinski definition) is 5. The summed E-state index contributed by atoms with van der Waals surface area (Å²) in [5.74, 6) is -1.14. The number of hydrogen-bond donors (Lipinski definition) is 3. The van der Waals surface area contributed by atoms with E-state index in [4.69, 9.17) is 9.47 Å². The summed E-state index contributed by atoms with van der Waals surface area (Å²) in [7, 11) is 1.54. The highest BCUT2D eigenvalue weighted by Crippen LogP contribution is 2.36. The molecule has 0 bridgehead atoms. The zero-order chi connectivity index (χ0) is 28.4. The minimum absolute atomic E-state index is 0.0307. The van der Waals surface area contributed by atoms with Crippen molar-refractivity contribution in [1.82, 2.24) is 0 Å². The van der Waals surface area contributed by atoms with Crippen LogP contribution in [0.25, 0.3) is 0 Å². The molecule has 0 heterocycles. The lowest BCUT2D eigenvalue weighted by atomic mass is 9.91. The van der Waals surface area contributed by atoms with Crippen LogP contribution in [-0.4, -0.2) is 50.0 Å². The van der Waals surface area contributed by atoms with Crippen LogP contribution in [0.1, 0.15) is 70.8 Å². The summed E-state index contributed by atoms with van der Waals surface area (Å²) in [6.07, 6.45) is 5.58. The Hall–Kier alpha value is -3.33. The van der Waals surface area contributed by atoms with Gasteiger partial charge in [0.1, 0.15) is 11.6 Å². The third-order valence-electron chi connectivity index (χ3n) is 6.92. The van der Waals surface area contributed by atoms with Crippen LogP contribution in [0.5, 0.6) is 5.75 Å². The Balaban J connectivity index is 1.96. The minimum Gasteiger partial charge on any atom is -0.494 e. The molecule has 0 aliphatic heterocycles. The highest BCUT2D eigenvalue weighted by atomic mass is 19.1. The first-order chi connectivity index (χ1) is 18.7. The van der Waals surface area contributed by atoms with Crippen LogP contribution in [0.3, 0.4) is 0 Å².